The number of carbonyl (C=O) groups excluding carboxylic acids is 2. The topological polar surface area (TPSA) is 55.9 Å². The molecular weight excluding hydrogens is 364 g/mol. The van der Waals surface area contributed by atoms with Gasteiger partial charge in [-0.25, -0.2) is 4.79 Å². The second-order valence-electron chi connectivity index (χ2n) is 10.5. The van der Waals surface area contributed by atoms with E-state index in [2.05, 4.69) is 13.8 Å². The summed E-state index contributed by atoms with van der Waals surface area (Å²) >= 11 is 0. The lowest BCUT2D eigenvalue weighted by Gasteiger charge is -2.56. The molecule has 4 aliphatic carbocycles. The molecule has 0 radical (unpaired) electrons. The van der Waals surface area contributed by atoms with Crippen LogP contribution in [0, 0.1) is 34.5 Å². The maximum atomic E-state index is 12.1. The van der Waals surface area contributed by atoms with Crippen molar-refractivity contribution in [2.24, 2.45) is 34.5 Å². The molecule has 0 aromatic carbocycles. The van der Waals surface area contributed by atoms with Gasteiger partial charge in [0.15, 0.2) is 5.78 Å². The Hall–Kier alpha value is -1.42. The Labute approximate surface area is 174 Å². The first-order chi connectivity index (χ1) is 13.9. The van der Waals surface area contributed by atoms with Crippen LogP contribution in [-0.2, 0) is 19.1 Å². The van der Waals surface area contributed by atoms with Gasteiger partial charge >= 0.3 is 5.97 Å². The van der Waals surface area contributed by atoms with Gasteiger partial charge in [0, 0.05) is 12.5 Å². The van der Waals surface area contributed by atoms with Crippen LogP contribution in [0.3, 0.4) is 0 Å². The number of allylic oxidation sites excluding steroid dienone is 1. The lowest BCUT2D eigenvalue weighted by Crippen LogP contribution is -2.53. The van der Waals surface area contributed by atoms with Crippen LogP contribution in [0.15, 0.2) is 23.8 Å². The summed E-state index contributed by atoms with van der Waals surface area (Å²) in [4.78, 5) is 23.7. The molecule has 4 nitrogen and oxygen atoms in total. The number of ketones is 1. The minimum atomic E-state index is -0.225. The van der Waals surface area contributed by atoms with Gasteiger partial charge in [-0.15, -0.1) is 0 Å². The molecule has 1 heterocycles. The zero-order chi connectivity index (χ0) is 20.4. The van der Waals surface area contributed by atoms with Crippen LogP contribution >= 0.6 is 0 Å². The standard InChI is InChI=1S/C25H34O4/c1-4-28-20(27)7-5-6-15-8-9-17-21-18(11-13-24(15,17)2)25(3)12-10-16(26)14-19(25)22-23(21)29-22/h5,7,14-15,17-18,21-23H,4,6,8-13H2,1-3H3/b7-5+. The van der Waals surface area contributed by atoms with E-state index >= 15 is 0 Å². The van der Waals surface area contributed by atoms with Crippen molar-refractivity contribution in [1.82, 2.24) is 0 Å². The van der Waals surface area contributed by atoms with Crippen LogP contribution in [0.1, 0.15) is 65.7 Å². The second-order valence-corrected chi connectivity index (χ2v) is 10.5. The average molecular weight is 399 g/mol. The lowest BCUT2D eigenvalue weighted by atomic mass is 9.47. The summed E-state index contributed by atoms with van der Waals surface area (Å²) in [5, 5.41) is 0. The van der Waals surface area contributed by atoms with Crippen LogP contribution in [0.25, 0.3) is 0 Å². The van der Waals surface area contributed by atoms with Gasteiger partial charge in [0.05, 0.1) is 12.7 Å². The SMILES string of the molecule is CCOC(=O)/C=C/CC1CCC2C3C4OC4C4=CC(=O)CCC4(C)C3CCC12C. The molecule has 0 aromatic rings. The Morgan fingerprint density at radius 2 is 2.07 bits per heavy atom. The van der Waals surface area contributed by atoms with Crippen LogP contribution in [0.5, 0.6) is 0 Å². The highest BCUT2D eigenvalue weighted by atomic mass is 16.6. The molecule has 5 aliphatic rings. The smallest absolute Gasteiger partial charge is 0.330 e. The van der Waals surface area contributed by atoms with Gasteiger partial charge in [0.1, 0.15) is 6.10 Å². The van der Waals surface area contributed by atoms with E-state index in [1.165, 1.54) is 31.3 Å². The predicted molar refractivity (Wildman–Crippen MR) is 110 cm³/mol. The minimum Gasteiger partial charge on any atom is -0.463 e. The van der Waals surface area contributed by atoms with Crippen molar-refractivity contribution in [1.29, 1.82) is 0 Å². The van der Waals surface area contributed by atoms with E-state index in [1.807, 2.05) is 19.1 Å². The second kappa shape index (κ2) is 6.80. The largest absolute Gasteiger partial charge is 0.463 e. The molecule has 1 saturated heterocycles. The van der Waals surface area contributed by atoms with Gasteiger partial charge in [-0.05, 0) is 91.6 Å². The third kappa shape index (κ3) is 2.89. The average Bonchev–Trinajstić information content (AvgIpc) is 3.40. The molecule has 5 rings (SSSR count). The Kier molecular flexibility index (Phi) is 4.58. The Balaban J connectivity index is 1.36. The van der Waals surface area contributed by atoms with Gasteiger partial charge < -0.3 is 9.47 Å². The van der Waals surface area contributed by atoms with Crippen molar-refractivity contribution < 1.29 is 19.1 Å². The summed E-state index contributed by atoms with van der Waals surface area (Å²) in [6, 6.07) is 0. The molecule has 158 valence electrons. The molecule has 1 aliphatic heterocycles. The summed E-state index contributed by atoms with van der Waals surface area (Å²) in [5.41, 5.74) is 1.80. The molecule has 0 N–H and O–H groups in total. The van der Waals surface area contributed by atoms with Crippen molar-refractivity contribution in [3.63, 3.8) is 0 Å². The Morgan fingerprint density at radius 3 is 2.86 bits per heavy atom. The number of hydrogen-bond donors (Lipinski definition) is 0. The highest BCUT2D eigenvalue weighted by Crippen LogP contribution is 2.70. The number of ether oxygens (including phenoxy) is 2. The molecule has 0 spiro atoms. The molecule has 4 heteroatoms. The zero-order valence-electron chi connectivity index (χ0n) is 18.0. The molecular formula is C25H34O4. The number of esters is 1. The number of epoxide rings is 1. The summed E-state index contributed by atoms with van der Waals surface area (Å²) in [6.45, 7) is 7.18. The highest BCUT2D eigenvalue weighted by molar-refractivity contribution is 5.92. The van der Waals surface area contributed by atoms with Crippen LogP contribution in [0.4, 0.5) is 0 Å². The van der Waals surface area contributed by atoms with E-state index in [9.17, 15) is 9.59 Å². The summed E-state index contributed by atoms with van der Waals surface area (Å²) in [7, 11) is 0. The molecule has 29 heavy (non-hydrogen) atoms. The van der Waals surface area contributed by atoms with Crippen LogP contribution < -0.4 is 0 Å². The fraction of sp³-hybridized carbons (Fsp3) is 0.760. The maximum Gasteiger partial charge on any atom is 0.330 e. The van der Waals surface area contributed by atoms with Gasteiger partial charge in [-0.3, -0.25) is 4.79 Å². The third-order valence-electron chi connectivity index (χ3n) is 9.39. The van der Waals surface area contributed by atoms with E-state index in [-0.39, 0.29) is 17.5 Å². The first kappa shape index (κ1) is 19.5. The first-order valence-electron chi connectivity index (χ1n) is 11.6. The zero-order valence-corrected chi connectivity index (χ0v) is 18.0. The first-order valence-corrected chi connectivity index (χ1v) is 11.6. The molecule has 3 saturated carbocycles. The quantitative estimate of drug-likeness (QED) is 0.394. The lowest BCUT2D eigenvalue weighted by molar-refractivity contribution is -0.137. The number of fused-ring (bicyclic) bond motifs is 8. The molecule has 4 fully saturated rings. The Morgan fingerprint density at radius 1 is 1.24 bits per heavy atom. The number of hydrogen-bond acceptors (Lipinski definition) is 4. The van der Waals surface area contributed by atoms with Crippen molar-refractivity contribution in [2.45, 2.75) is 77.9 Å². The molecule has 0 bridgehead atoms. The molecule has 0 amide bonds. The summed E-state index contributed by atoms with van der Waals surface area (Å²) in [5.74, 6) is 2.68. The van der Waals surface area contributed by atoms with Crippen molar-refractivity contribution in [2.75, 3.05) is 6.61 Å². The molecule has 0 aromatic heterocycles. The van der Waals surface area contributed by atoms with Gasteiger partial charge in [0.25, 0.3) is 0 Å². The van der Waals surface area contributed by atoms with Crippen molar-refractivity contribution >= 4 is 11.8 Å². The van der Waals surface area contributed by atoms with Crippen LogP contribution in [-0.4, -0.2) is 30.6 Å². The van der Waals surface area contributed by atoms with Crippen molar-refractivity contribution in [3.05, 3.63) is 23.8 Å². The Bertz CT molecular complexity index is 782. The van der Waals surface area contributed by atoms with Gasteiger partial charge in [-0.1, -0.05) is 19.9 Å². The van der Waals surface area contributed by atoms with E-state index in [1.54, 1.807) is 6.08 Å². The minimum absolute atomic E-state index is 0.152. The van der Waals surface area contributed by atoms with E-state index in [0.29, 0.717) is 54.0 Å². The van der Waals surface area contributed by atoms with Crippen molar-refractivity contribution in [3.8, 4) is 0 Å². The van der Waals surface area contributed by atoms with E-state index in [4.69, 9.17) is 9.47 Å². The fourth-order valence-corrected chi connectivity index (χ4v) is 7.82. The van der Waals surface area contributed by atoms with Crippen LogP contribution in [0.2, 0.25) is 0 Å². The maximum absolute atomic E-state index is 12.1. The molecule has 8 atom stereocenters. The van der Waals surface area contributed by atoms with E-state index in [0.717, 1.165) is 12.8 Å². The summed E-state index contributed by atoms with van der Waals surface area (Å²) in [6.07, 6.45) is 13.8. The van der Waals surface area contributed by atoms with Gasteiger partial charge in [0.2, 0.25) is 0 Å². The highest BCUT2D eigenvalue weighted by Gasteiger charge is 2.68. The van der Waals surface area contributed by atoms with Gasteiger partial charge in [-0.2, -0.15) is 0 Å². The number of carbonyl (C=O) groups is 2. The fourth-order valence-electron chi connectivity index (χ4n) is 7.82. The number of rotatable bonds is 4. The monoisotopic (exact) mass is 398 g/mol. The van der Waals surface area contributed by atoms with E-state index < -0.39 is 0 Å². The summed E-state index contributed by atoms with van der Waals surface area (Å²) < 4.78 is 11.3. The molecule has 8 unspecified atom stereocenters. The predicted octanol–water partition coefficient (Wildman–Crippen LogP) is 4.63. The third-order valence-corrected chi connectivity index (χ3v) is 9.39. The normalized spacial score (nSPS) is 47.7.